The van der Waals surface area contributed by atoms with E-state index in [1.807, 2.05) is 38.1 Å². The van der Waals surface area contributed by atoms with Crippen LogP contribution in [0.2, 0.25) is 0 Å². The minimum Gasteiger partial charge on any atom is -0.391 e. The van der Waals surface area contributed by atoms with Crippen LogP contribution in [0.5, 0.6) is 0 Å². The summed E-state index contributed by atoms with van der Waals surface area (Å²) >= 11 is 0. The molecule has 0 amide bonds. The topological polar surface area (TPSA) is 48.7 Å². The van der Waals surface area contributed by atoms with Crippen LogP contribution in [-0.4, -0.2) is 17.6 Å². The molecule has 0 radical (unpaired) electrons. The van der Waals surface area contributed by atoms with Gasteiger partial charge in [0, 0.05) is 11.6 Å². The zero-order valence-electron chi connectivity index (χ0n) is 17.0. The van der Waals surface area contributed by atoms with Gasteiger partial charge in [-0.2, -0.15) is 47.6 Å². The van der Waals surface area contributed by atoms with Crippen LogP contribution in [0.4, 0.5) is 0 Å². The molecule has 1 aliphatic carbocycles. The maximum Gasteiger partial charge on any atom is 2.00 e. The fraction of sp³-hybridized carbons (Fsp3) is 0.435. The van der Waals surface area contributed by atoms with Gasteiger partial charge in [0.1, 0.15) is 0 Å². The molecule has 0 bridgehead atoms. The Morgan fingerprint density at radius 1 is 1.33 bits per heavy atom. The van der Waals surface area contributed by atoms with Crippen molar-refractivity contribution in [2.24, 2.45) is 5.92 Å². The number of nitriles is 1. The monoisotopic (exact) mass is 587 g/mol. The molecule has 1 heterocycles. The van der Waals surface area contributed by atoms with Crippen LogP contribution in [0.25, 0.3) is 0 Å². The van der Waals surface area contributed by atoms with E-state index in [-0.39, 0.29) is 31.1 Å². The molecule has 1 aromatic carbocycles. The van der Waals surface area contributed by atoms with Crippen LogP contribution in [0, 0.1) is 75.3 Å². The van der Waals surface area contributed by atoms with E-state index in [2.05, 4.69) is 43.3 Å². The third-order valence-corrected chi connectivity index (χ3v) is 4.27. The molecule has 0 aliphatic heterocycles. The molecule has 1 N–H and O–H groups in total. The summed E-state index contributed by atoms with van der Waals surface area (Å²) in [6.45, 7) is 13.4. The smallest absolute Gasteiger partial charge is 0.391 e. The number of unbranched alkanes of at least 4 members (excludes halogenated alkanes) is 1. The number of aryl methyl sites for hydroxylation is 2. The molecule has 1 aliphatic rings. The molecular formula is C23H31N3U. The second kappa shape index (κ2) is 14.8. The maximum atomic E-state index is 8.48. The minimum absolute atomic E-state index is 0. The molecule has 2 aromatic rings. The Morgan fingerprint density at radius 2 is 2.04 bits per heavy atom. The van der Waals surface area contributed by atoms with Gasteiger partial charge in [0.05, 0.1) is 6.07 Å². The van der Waals surface area contributed by atoms with Gasteiger partial charge in [0.25, 0.3) is 0 Å². The van der Waals surface area contributed by atoms with Crippen molar-refractivity contribution < 1.29 is 31.1 Å². The number of nitrogens with zero attached hydrogens (tertiary/aromatic N) is 2. The van der Waals surface area contributed by atoms with E-state index in [1.54, 1.807) is 12.1 Å². The first-order valence-electron chi connectivity index (χ1n) is 9.33. The molecule has 0 saturated heterocycles. The third-order valence-electron chi connectivity index (χ3n) is 4.27. The van der Waals surface area contributed by atoms with Crippen LogP contribution >= 0.6 is 0 Å². The minimum atomic E-state index is 0. The van der Waals surface area contributed by atoms with Gasteiger partial charge in [-0.3, -0.25) is 0 Å². The molecule has 142 valence electrons. The number of rotatable bonds is 4. The molecule has 3 rings (SSSR count). The van der Waals surface area contributed by atoms with Gasteiger partial charge >= 0.3 is 31.1 Å². The first kappa shape index (κ1) is 25.7. The Morgan fingerprint density at radius 3 is 2.44 bits per heavy atom. The van der Waals surface area contributed by atoms with E-state index in [4.69, 9.17) is 5.26 Å². The van der Waals surface area contributed by atoms with Crippen molar-refractivity contribution in [3.05, 3.63) is 71.9 Å². The van der Waals surface area contributed by atoms with Gasteiger partial charge in [-0.25, -0.2) is 0 Å². The zero-order chi connectivity index (χ0) is 19.4. The van der Waals surface area contributed by atoms with Crippen molar-refractivity contribution in [1.82, 2.24) is 10.3 Å². The van der Waals surface area contributed by atoms with Crippen molar-refractivity contribution in [1.29, 1.82) is 5.26 Å². The molecule has 4 heteroatoms. The fourth-order valence-corrected chi connectivity index (χ4v) is 2.24. The van der Waals surface area contributed by atoms with Crippen molar-refractivity contribution in [3.8, 4) is 6.07 Å². The Kier molecular flexibility index (Phi) is 14.1. The van der Waals surface area contributed by atoms with Gasteiger partial charge in [-0.1, -0.05) is 52.1 Å². The number of pyridine rings is 1. The second-order valence-electron chi connectivity index (χ2n) is 6.79. The summed E-state index contributed by atoms with van der Waals surface area (Å²) in [5.41, 5.74) is 3.77. The summed E-state index contributed by atoms with van der Waals surface area (Å²) < 4.78 is 0. The van der Waals surface area contributed by atoms with Crippen LogP contribution in [0.1, 0.15) is 55.5 Å². The molecule has 0 spiro atoms. The predicted molar refractivity (Wildman–Crippen MR) is 109 cm³/mol. The van der Waals surface area contributed by atoms with Crippen molar-refractivity contribution in [3.63, 3.8) is 0 Å². The standard InChI is InChI=1S/C9H8N.C8H17N.C6H6N.U/c1-7-3-4-9(6-10)5-8(7)2;1-3-4-5-9-8-6-7(8)2;1-6-4-2-3-5-7-6;/h3-5H,1H2,2H3;7-9H,3-6H2,1-2H3;2-4H,1H3;/q-1;;-1;+2. The van der Waals surface area contributed by atoms with Crippen molar-refractivity contribution in [2.75, 3.05) is 6.54 Å². The van der Waals surface area contributed by atoms with E-state index < -0.39 is 0 Å². The Hall–Kier alpha value is -1.26. The van der Waals surface area contributed by atoms with E-state index in [0.717, 1.165) is 28.8 Å². The maximum absolute atomic E-state index is 8.48. The molecule has 3 nitrogen and oxygen atoms in total. The van der Waals surface area contributed by atoms with Crippen molar-refractivity contribution in [2.45, 2.75) is 53.0 Å². The molecule has 27 heavy (non-hydrogen) atoms. The SMILES string of the molecule is CCCCNC1CC1C.Cc1ccc[c-]n1.[CH2-]c1ccc(C#N)cc1C.[U+2]. The molecule has 1 aromatic heterocycles. The van der Waals surface area contributed by atoms with Gasteiger partial charge in [0.15, 0.2) is 0 Å². The first-order chi connectivity index (χ1) is 12.5. The predicted octanol–water partition coefficient (Wildman–Crippen LogP) is 5.02. The molecular weight excluding hydrogens is 556 g/mol. The van der Waals surface area contributed by atoms with E-state index in [0.29, 0.717) is 5.56 Å². The fourth-order valence-electron chi connectivity index (χ4n) is 2.24. The van der Waals surface area contributed by atoms with Crippen LogP contribution in [0.15, 0.2) is 36.4 Å². The van der Waals surface area contributed by atoms with E-state index >= 15 is 0 Å². The molecule has 1 saturated carbocycles. The van der Waals surface area contributed by atoms with Crippen LogP contribution < -0.4 is 5.32 Å². The van der Waals surface area contributed by atoms with Gasteiger partial charge in [-0.15, -0.1) is 6.07 Å². The number of benzene rings is 1. The normalized spacial score (nSPS) is 16.4. The quantitative estimate of drug-likeness (QED) is 0.404. The van der Waals surface area contributed by atoms with Crippen LogP contribution in [0.3, 0.4) is 0 Å². The average molecular weight is 588 g/mol. The summed E-state index contributed by atoms with van der Waals surface area (Å²) in [5, 5.41) is 12.0. The summed E-state index contributed by atoms with van der Waals surface area (Å²) in [4.78, 5) is 3.85. The van der Waals surface area contributed by atoms with Gasteiger partial charge in [-0.05, 0) is 25.3 Å². The molecule has 2 atom stereocenters. The first-order valence-corrected chi connectivity index (χ1v) is 9.33. The van der Waals surface area contributed by atoms with Crippen LogP contribution in [-0.2, 0) is 0 Å². The Labute approximate surface area is 189 Å². The summed E-state index contributed by atoms with van der Waals surface area (Å²) in [7, 11) is 0. The summed E-state index contributed by atoms with van der Waals surface area (Å²) in [6.07, 6.45) is 6.77. The van der Waals surface area contributed by atoms with Gasteiger partial charge in [0.2, 0.25) is 0 Å². The van der Waals surface area contributed by atoms with Gasteiger partial charge < -0.3 is 10.3 Å². The number of hydrogen-bond acceptors (Lipinski definition) is 3. The average Bonchev–Trinajstić information content (AvgIpc) is 3.35. The second-order valence-corrected chi connectivity index (χ2v) is 6.79. The van der Waals surface area contributed by atoms with E-state index in [9.17, 15) is 0 Å². The number of hydrogen-bond donors (Lipinski definition) is 1. The third kappa shape index (κ3) is 11.9. The summed E-state index contributed by atoms with van der Waals surface area (Å²) in [5.74, 6) is 0.960. The number of nitrogens with one attached hydrogen (secondary N) is 1. The van der Waals surface area contributed by atoms with E-state index in [1.165, 1.54) is 25.8 Å². The summed E-state index contributed by atoms with van der Waals surface area (Å²) in [6, 6.07) is 14.0. The molecule has 2 unspecified atom stereocenters. The molecule has 1 fully saturated rings. The number of aromatic nitrogens is 1. The van der Waals surface area contributed by atoms with Crippen molar-refractivity contribution >= 4 is 0 Å². The Balaban J connectivity index is 0.000000374. The zero-order valence-corrected chi connectivity index (χ0v) is 21.2. The largest absolute Gasteiger partial charge is 2.00 e. The Bertz CT molecular complexity index is 680.